The number of phenols is 1. The highest BCUT2D eigenvalue weighted by molar-refractivity contribution is 7.87. The highest BCUT2D eigenvalue weighted by Crippen LogP contribution is 2.29. The predicted octanol–water partition coefficient (Wildman–Crippen LogP) is 3.13. The number of para-hydroxylation sites is 1. The van der Waals surface area contributed by atoms with E-state index in [4.69, 9.17) is 11.6 Å². The maximum atomic E-state index is 12.6. The molecular weight excluding hydrogens is 388 g/mol. The molecule has 1 N–H and O–H groups in total. The molecule has 140 valence electrons. The first-order chi connectivity index (χ1) is 12.8. The van der Waals surface area contributed by atoms with Gasteiger partial charge in [-0.25, -0.2) is 4.98 Å². The smallest absolute Gasteiger partial charge is 0.324 e. The maximum Gasteiger partial charge on any atom is 0.324 e. The average Bonchev–Trinajstić information content (AvgIpc) is 3.06. The Morgan fingerprint density at radius 2 is 1.74 bits per heavy atom. The predicted molar refractivity (Wildman–Crippen MR) is 106 cm³/mol. The second-order valence-electron chi connectivity index (χ2n) is 5.80. The van der Waals surface area contributed by atoms with E-state index in [0.29, 0.717) is 5.02 Å². The number of nitrogens with zero attached hydrogens (tertiary/aromatic N) is 4. The van der Waals surface area contributed by atoms with Crippen LogP contribution in [0.4, 0.5) is 0 Å². The topological polar surface area (TPSA) is 88.3 Å². The molecule has 0 amide bonds. The van der Waals surface area contributed by atoms with Crippen LogP contribution in [0.15, 0.2) is 48.5 Å². The molecule has 0 spiro atoms. The van der Waals surface area contributed by atoms with Gasteiger partial charge in [-0.2, -0.15) is 12.7 Å². The van der Waals surface area contributed by atoms with Crippen LogP contribution in [-0.2, 0) is 10.2 Å². The summed E-state index contributed by atoms with van der Waals surface area (Å²) < 4.78 is 27.1. The van der Waals surface area contributed by atoms with Gasteiger partial charge in [0.1, 0.15) is 5.75 Å². The fourth-order valence-electron chi connectivity index (χ4n) is 2.30. The standard InChI is InChI=1S/C18H17ClN4O3S/c1-22(2)27(25,26)23-18(14-8-4-6-10-16(14)24)20-17(21-23)12-11-13-7-3-5-9-15(13)19/h3-12,24H,1-2H3/b12-11+. The van der Waals surface area contributed by atoms with Gasteiger partial charge in [-0.05, 0) is 35.9 Å². The SMILES string of the molecule is CN(C)S(=O)(=O)n1nc(/C=C/c2ccccc2Cl)nc1-c1ccccc1O. The number of aromatic hydroxyl groups is 1. The van der Waals surface area contributed by atoms with Crippen molar-refractivity contribution in [3.8, 4) is 17.1 Å². The third-order valence-corrected chi connectivity index (χ3v) is 5.70. The van der Waals surface area contributed by atoms with Crippen LogP contribution in [0.1, 0.15) is 11.4 Å². The van der Waals surface area contributed by atoms with Crippen molar-refractivity contribution >= 4 is 34.0 Å². The van der Waals surface area contributed by atoms with Gasteiger partial charge in [0.25, 0.3) is 0 Å². The monoisotopic (exact) mass is 404 g/mol. The first kappa shape index (κ1) is 19.1. The van der Waals surface area contributed by atoms with Gasteiger partial charge in [-0.1, -0.05) is 41.9 Å². The Bertz CT molecular complexity index is 1110. The van der Waals surface area contributed by atoms with Crippen molar-refractivity contribution in [2.24, 2.45) is 0 Å². The van der Waals surface area contributed by atoms with Crippen molar-refractivity contribution in [1.29, 1.82) is 0 Å². The molecule has 0 aliphatic rings. The van der Waals surface area contributed by atoms with Crippen molar-refractivity contribution in [3.05, 3.63) is 64.9 Å². The molecule has 2 aromatic carbocycles. The molecule has 27 heavy (non-hydrogen) atoms. The van der Waals surface area contributed by atoms with Crippen molar-refractivity contribution in [3.63, 3.8) is 0 Å². The van der Waals surface area contributed by atoms with Gasteiger partial charge in [0.15, 0.2) is 11.6 Å². The lowest BCUT2D eigenvalue weighted by Gasteiger charge is -2.12. The van der Waals surface area contributed by atoms with Gasteiger partial charge in [-0.15, -0.1) is 9.19 Å². The summed E-state index contributed by atoms with van der Waals surface area (Å²) in [6.07, 6.45) is 3.26. The third kappa shape index (κ3) is 3.87. The normalized spacial score (nSPS) is 12.1. The van der Waals surface area contributed by atoms with E-state index in [0.717, 1.165) is 14.0 Å². The summed E-state index contributed by atoms with van der Waals surface area (Å²) in [5.74, 6) is 0.0842. The van der Waals surface area contributed by atoms with E-state index in [9.17, 15) is 13.5 Å². The van der Waals surface area contributed by atoms with Gasteiger partial charge in [0, 0.05) is 19.1 Å². The minimum absolute atomic E-state index is 0.0145. The van der Waals surface area contributed by atoms with Gasteiger partial charge >= 0.3 is 10.2 Å². The largest absolute Gasteiger partial charge is 0.507 e. The average molecular weight is 405 g/mol. The zero-order valence-electron chi connectivity index (χ0n) is 14.6. The molecule has 9 heteroatoms. The van der Waals surface area contributed by atoms with Crippen LogP contribution >= 0.6 is 11.6 Å². The summed E-state index contributed by atoms with van der Waals surface area (Å²) in [6, 6.07) is 13.5. The second kappa shape index (κ2) is 7.51. The van der Waals surface area contributed by atoms with E-state index in [2.05, 4.69) is 10.1 Å². The van der Waals surface area contributed by atoms with E-state index >= 15 is 0 Å². The van der Waals surface area contributed by atoms with Crippen LogP contribution in [-0.4, -0.2) is 46.1 Å². The first-order valence-electron chi connectivity index (χ1n) is 7.92. The molecule has 0 saturated heterocycles. The Labute approximate surface area is 162 Å². The Morgan fingerprint density at radius 3 is 2.41 bits per heavy atom. The molecule has 0 unspecified atom stereocenters. The van der Waals surface area contributed by atoms with E-state index in [1.165, 1.54) is 20.2 Å². The molecule has 1 heterocycles. The van der Waals surface area contributed by atoms with Crippen LogP contribution in [0.3, 0.4) is 0 Å². The van der Waals surface area contributed by atoms with Crippen molar-refractivity contribution in [2.45, 2.75) is 0 Å². The molecule has 7 nitrogen and oxygen atoms in total. The number of rotatable bonds is 5. The molecule has 0 radical (unpaired) electrons. The maximum absolute atomic E-state index is 12.6. The van der Waals surface area contributed by atoms with E-state index in [1.807, 2.05) is 18.2 Å². The molecule has 0 aliphatic carbocycles. The molecule has 0 bridgehead atoms. The van der Waals surface area contributed by atoms with Crippen molar-refractivity contribution in [1.82, 2.24) is 18.5 Å². The first-order valence-corrected chi connectivity index (χ1v) is 9.69. The van der Waals surface area contributed by atoms with E-state index in [-0.39, 0.29) is 23.0 Å². The summed E-state index contributed by atoms with van der Waals surface area (Å²) >= 11 is 6.12. The zero-order chi connectivity index (χ0) is 19.6. The molecule has 3 rings (SSSR count). The molecule has 0 atom stereocenters. The Balaban J connectivity index is 2.13. The van der Waals surface area contributed by atoms with Gasteiger partial charge in [-0.3, -0.25) is 0 Å². The summed E-state index contributed by atoms with van der Waals surface area (Å²) in [4.78, 5) is 4.29. The quantitative estimate of drug-likeness (QED) is 0.705. The number of hydrogen-bond acceptors (Lipinski definition) is 5. The summed E-state index contributed by atoms with van der Waals surface area (Å²) in [5, 5.41) is 14.8. The Morgan fingerprint density at radius 1 is 1.07 bits per heavy atom. The highest BCUT2D eigenvalue weighted by Gasteiger charge is 2.25. The number of hydrogen-bond donors (Lipinski definition) is 1. The van der Waals surface area contributed by atoms with E-state index < -0.39 is 10.2 Å². The van der Waals surface area contributed by atoms with Crippen molar-refractivity contribution in [2.75, 3.05) is 14.1 Å². The lowest BCUT2D eigenvalue weighted by Crippen LogP contribution is -2.30. The van der Waals surface area contributed by atoms with Crippen LogP contribution in [0.2, 0.25) is 5.02 Å². The summed E-state index contributed by atoms with van der Waals surface area (Å²) in [5.41, 5.74) is 1.00. The van der Waals surface area contributed by atoms with Crippen LogP contribution < -0.4 is 0 Å². The minimum Gasteiger partial charge on any atom is -0.507 e. The Hall–Kier alpha value is -2.68. The second-order valence-corrected chi connectivity index (χ2v) is 8.18. The summed E-state index contributed by atoms with van der Waals surface area (Å²) in [7, 11) is -1.15. The zero-order valence-corrected chi connectivity index (χ0v) is 16.2. The Kier molecular flexibility index (Phi) is 5.31. The van der Waals surface area contributed by atoms with Gasteiger partial charge in [0.05, 0.1) is 5.56 Å². The number of aromatic nitrogens is 3. The lowest BCUT2D eigenvalue weighted by atomic mass is 10.2. The van der Waals surface area contributed by atoms with Crippen LogP contribution in [0.25, 0.3) is 23.5 Å². The minimum atomic E-state index is -3.94. The van der Waals surface area contributed by atoms with Crippen LogP contribution in [0.5, 0.6) is 5.75 Å². The fourth-order valence-corrected chi connectivity index (χ4v) is 3.35. The number of halogens is 1. The molecule has 0 saturated carbocycles. The van der Waals surface area contributed by atoms with Crippen molar-refractivity contribution < 1.29 is 13.5 Å². The van der Waals surface area contributed by atoms with Gasteiger partial charge in [0.2, 0.25) is 0 Å². The van der Waals surface area contributed by atoms with E-state index in [1.54, 1.807) is 36.4 Å². The molecule has 1 aromatic heterocycles. The van der Waals surface area contributed by atoms with Gasteiger partial charge < -0.3 is 5.11 Å². The lowest BCUT2D eigenvalue weighted by molar-refractivity contribution is 0.476. The third-order valence-electron chi connectivity index (χ3n) is 3.74. The fraction of sp³-hybridized carbons (Fsp3) is 0.111. The summed E-state index contributed by atoms with van der Waals surface area (Å²) in [6.45, 7) is 0. The molecular formula is C18H17ClN4O3S. The number of phenolic OH excluding ortho intramolecular Hbond substituents is 1. The molecule has 3 aromatic rings. The molecule has 0 fully saturated rings. The number of benzene rings is 2. The molecule has 0 aliphatic heterocycles. The highest BCUT2D eigenvalue weighted by atomic mass is 35.5. The van der Waals surface area contributed by atoms with Crippen LogP contribution in [0, 0.1) is 0 Å².